The molecule has 1 aromatic rings. The van der Waals surface area contributed by atoms with Gasteiger partial charge in [0.25, 0.3) is 0 Å². The second-order valence-electron chi connectivity index (χ2n) is 5.51. The summed E-state index contributed by atoms with van der Waals surface area (Å²) in [5.74, 6) is 0.330. The summed E-state index contributed by atoms with van der Waals surface area (Å²) in [6, 6.07) is 4.21. The maximum Gasteiger partial charge on any atom is 0.229 e. The number of hydrogen-bond donors (Lipinski definition) is 1. The van der Waals surface area contributed by atoms with Crippen LogP contribution in [0.4, 0.5) is 0 Å². The second-order valence-corrected chi connectivity index (χ2v) is 6.55. The Bertz CT molecular complexity index is 396. The third-order valence-corrected chi connectivity index (χ3v) is 4.98. The summed E-state index contributed by atoms with van der Waals surface area (Å²) < 4.78 is 0. The van der Waals surface area contributed by atoms with Crippen molar-refractivity contribution in [1.82, 2.24) is 10.2 Å². The van der Waals surface area contributed by atoms with Gasteiger partial charge >= 0.3 is 0 Å². The molecule has 1 aromatic heterocycles. The average molecular weight is 280 g/mol. The first-order valence-corrected chi connectivity index (χ1v) is 8.04. The van der Waals surface area contributed by atoms with Gasteiger partial charge in [-0.1, -0.05) is 19.4 Å². The third-order valence-electron chi connectivity index (χ3n) is 4.05. The standard InChI is InChI=1S/C15H24N2OS/c1-3-7-15(8-9-16-12-15)14(18)17(2)10-6-13-5-4-11-19-13/h4-5,11,16H,3,6-10,12H2,1-2H3. The van der Waals surface area contributed by atoms with E-state index in [9.17, 15) is 4.79 Å². The van der Waals surface area contributed by atoms with Crippen LogP contribution in [-0.2, 0) is 11.2 Å². The van der Waals surface area contributed by atoms with E-state index < -0.39 is 0 Å². The largest absolute Gasteiger partial charge is 0.345 e. The Morgan fingerprint density at radius 3 is 3.00 bits per heavy atom. The van der Waals surface area contributed by atoms with E-state index in [1.54, 1.807) is 11.3 Å². The SMILES string of the molecule is CCCC1(C(=O)N(C)CCc2cccs2)CCNC1. The Balaban J connectivity index is 1.93. The van der Waals surface area contributed by atoms with Crippen LogP contribution in [0.25, 0.3) is 0 Å². The first-order chi connectivity index (χ1) is 9.18. The molecule has 0 aromatic carbocycles. The summed E-state index contributed by atoms with van der Waals surface area (Å²) in [5, 5.41) is 5.45. The molecule has 0 aliphatic carbocycles. The molecule has 1 fully saturated rings. The van der Waals surface area contributed by atoms with Crippen molar-refractivity contribution in [1.29, 1.82) is 0 Å². The van der Waals surface area contributed by atoms with Crippen molar-refractivity contribution in [2.45, 2.75) is 32.6 Å². The van der Waals surface area contributed by atoms with Crippen LogP contribution in [0.5, 0.6) is 0 Å². The predicted molar refractivity (Wildman–Crippen MR) is 80.5 cm³/mol. The summed E-state index contributed by atoms with van der Waals surface area (Å²) in [6.07, 6.45) is 4.03. The average Bonchev–Trinajstić information content (AvgIpc) is 3.07. The first kappa shape index (κ1) is 14.5. The van der Waals surface area contributed by atoms with Crippen molar-refractivity contribution < 1.29 is 4.79 Å². The lowest BCUT2D eigenvalue weighted by molar-refractivity contribution is -0.140. The zero-order valence-corrected chi connectivity index (χ0v) is 12.8. The van der Waals surface area contributed by atoms with Crippen molar-refractivity contribution in [2.75, 3.05) is 26.7 Å². The molecule has 1 saturated heterocycles. The highest BCUT2D eigenvalue weighted by molar-refractivity contribution is 7.09. The van der Waals surface area contributed by atoms with Crippen LogP contribution >= 0.6 is 11.3 Å². The molecule has 0 saturated carbocycles. The molecule has 19 heavy (non-hydrogen) atoms. The lowest BCUT2D eigenvalue weighted by Gasteiger charge is -2.31. The van der Waals surface area contributed by atoms with Crippen molar-refractivity contribution in [3.05, 3.63) is 22.4 Å². The molecule has 106 valence electrons. The van der Waals surface area contributed by atoms with Crippen LogP contribution < -0.4 is 5.32 Å². The minimum absolute atomic E-state index is 0.140. The zero-order valence-electron chi connectivity index (χ0n) is 11.9. The highest BCUT2D eigenvalue weighted by Crippen LogP contribution is 2.33. The third kappa shape index (κ3) is 3.37. The molecule has 0 spiro atoms. The molecule has 1 aliphatic heterocycles. The van der Waals surface area contributed by atoms with E-state index in [0.29, 0.717) is 5.91 Å². The van der Waals surface area contributed by atoms with Crippen LogP contribution in [0.2, 0.25) is 0 Å². The monoisotopic (exact) mass is 280 g/mol. The molecule has 0 bridgehead atoms. The molecule has 1 aliphatic rings. The molecule has 1 amide bonds. The zero-order chi connectivity index (χ0) is 13.7. The van der Waals surface area contributed by atoms with Crippen LogP contribution in [0.3, 0.4) is 0 Å². The Hall–Kier alpha value is -0.870. The van der Waals surface area contributed by atoms with E-state index >= 15 is 0 Å². The van der Waals surface area contributed by atoms with Gasteiger partial charge in [0.15, 0.2) is 0 Å². The smallest absolute Gasteiger partial charge is 0.229 e. The van der Waals surface area contributed by atoms with Gasteiger partial charge in [-0.2, -0.15) is 0 Å². The van der Waals surface area contributed by atoms with Gasteiger partial charge in [-0.15, -0.1) is 11.3 Å². The van der Waals surface area contributed by atoms with E-state index in [0.717, 1.165) is 45.3 Å². The normalized spacial score (nSPS) is 22.6. The molecule has 4 heteroatoms. The fourth-order valence-electron chi connectivity index (χ4n) is 2.96. The highest BCUT2D eigenvalue weighted by atomic mass is 32.1. The topological polar surface area (TPSA) is 32.3 Å². The number of carbonyl (C=O) groups is 1. The van der Waals surface area contributed by atoms with Gasteiger partial charge in [0.2, 0.25) is 5.91 Å². The predicted octanol–water partition coefficient (Wildman–Crippen LogP) is 2.53. The molecule has 1 unspecified atom stereocenters. The number of nitrogens with one attached hydrogen (secondary N) is 1. The molecule has 2 rings (SSSR count). The van der Waals surface area contributed by atoms with Crippen LogP contribution in [0.15, 0.2) is 17.5 Å². The van der Waals surface area contributed by atoms with Gasteiger partial charge in [0.05, 0.1) is 5.41 Å². The summed E-state index contributed by atoms with van der Waals surface area (Å²) >= 11 is 1.77. The number of amides is 1. The Kier molecular flexibility index (Phi) is 4.99. The number of rotatable bonds is 6. The fourth-order valence-corrected chi connectivity index (χ4v) is 3.66. The second kappa shape index (κ2) is 6.53. The summed E-state index contributed by atoms with van der Waals surface area (Å²) in [4.78, 5) is 16.0. The Labute approximate surface area is 120 Å². The van der Waals surface area contributed by atoms with E-state index in [2.05, 4.69) is 29.8 Å². The van der Waals surface area contributed by atoms with Gasteiger partial charge in [-0.05, 0) is 37.3 Å². The molecule has 2 heterocycles. The molecule has 0 radical (unpaired) electrons. The molecular formula is C15H24N2OS. The number of carbonyl (C=O) groups excluding carboxylic acids is 1. The van der Waals surface area contributed by atoms with E-state index in [1.807, 2.05) is 11.9 Å². The number of thiophene rings is 1. The van der Waals surface area contributed by atoms with Crippen molar-refractivity contribution in [2.24, 2.45) is 5.41 Å². The molecular weight excluding hydrogens is 256 g/mol. The lowest BCUT2D eigenvalue weighted by atomic mass is 9.81. The van der Waals surface area contributed by atoms with Crippen LogP contribution in [-0.4, -0.2) is 37.5 Å². The molecule has 1 N–H and O–H groups in total. The summed E-state index contributed by atoms with van der Waals surface area (Å²) in [7, 11) is 1.95. The van der Waals surface area contributed by atoms with E-state index in [1.165, 1.54) is 4.88 Å². The number of likely N-dealkylation sites (N-methyl/N-ethyl adjacent to an activating group) is 1. The van der Waals surface area contributed by atoms with Gasteiger partial charge in [0.1, 0.15) is 0 Å². The quantitative estimate of drug-likeness (QED) is 0.868. The van der Waals surface area contributed by atoms with E-state index in [4.69, 9.17) is 0 Å². The number of nitrogens with zero attached hydrogens (tertiary/aromatic N) is 1. The van der Waals surface area contributed by atoms with Crippen molar-refractivity contribution in [3.8, 4) is 0 Å². The minimum atomic E-state index is -0.140. The minimum Gasteiger partial charge on any atom is -0.345 e. The van der Waals surface area contributed by atoms with E-state index in [-0.39, 0.29) is 5.41 Å². The highest BCUT2D eigenvalue weighted by Gasteiger charge is 2.41. The lowest BCUT2D eigenvalue weighted by Crippen LogP contribution is -2.44. The van der Waals surface area contributed by atoms with Crippen LogP contribution in [0.1, 0.15) is 31.1 Å². The fraction of sp³-hybridized carbons (Fsp3) is 0.667. The van der Waals surface area contributed by atoms with Crippen LogP contribution in [0, 0.1) is 5.41 Å². The molecule has 1 atom stereocenters. The maximum atomic E-state index is 12.7. The van der Waals surface area contributed by atoms with Gasteiger partial charge in [0, 0.05) is 25.0 Å². The summed E-state index contributed by atoms with van der Waals surface area (Å²) in [5.41, 5.74) is -0.140. The van der Waals surface area contributed by atoms with Gasteiger partial charge < -0.3 is 10.2 Å². The summed E-state index contributed by atoms with van der Waals surface area (Å²) in [6.45, 7) is 4.82. The Morgan fingerprint density at radius 1 is 1.58 bits per heavy atom. The number of hydrogen-bond acceptors (Lipinski definition) is 3. The first-order valence-electron chi connectivity index (χ1n) is 7.16. The van der Waals surface area contributed by atoms with Crippen molar-refractivity contribution in [3.63, 3.8) is 0 Å². The van der Waals surface area contributed by atoms with Gasteiger partial charge in [-0.3, -0.25) is 4.79 Å². The Morgan fingerprint density at radius 2 is 2.42 bits per heavy atom. The maximum absolute atomic E-state index is 12.7. The molecule has 3 nitrogen and oxygen atoms in total. The van der Waals surface area contributed by atoms with Gasteiger partial charge in [-0.25, -0.2) is 0 Å². The van der Waals surface area contributed by atoms with Crippen molar-refractivity contribution >= 4 is 17.2 Å².